The molecule has 1 aliphatic heterocycles. The number of amides is 2. The first-order valence-electron chi connectivity index (χ1n) is 8.85. The van der Waals surface area contributed by atoms with Crippen LogP contribution < -0.4 is 14.8 Å². The summed E-state index contributed by atoms with van der Waals surface area (Å²) in [4.78, 5) is 19.0. The quantitative estimate of drug-likeness (QED) is 0.858. The molecule has 0 bridgehead atoms. The number of pyridine rings is 1. The van der Waals surface area contributed by atoms with Crippen molar-refractivity contribution in [3.8, 4) is 11.8 Å². The van der Waals surface area contributed by atoms with Crippen LogP contribution in [0, 0.1) is 0 Å². The van der Waals surface area contributed by atoms with Crippen LogP contribution in [0.25, 0.3) is 0 Å². The van der Waals surface area contributed by atoms with Gasteiger partial charge in [-0.25, -0.2) is 4.79 Å². The number of carbonyl (C=O) groups is 1. The molecule has 26 heavy (non-hydrogen) atoms. The van der Waals surface area contributed by atoms with E-state index in [1.54, 1.807) is 18.3 Å². The normalized spacial score (nSPS) is 17.0. The average Bonchev–Trinajstić information content (AvgIpc) is 3.20. The summed E-state index contributed by atoms with van der Waals surface area (Å²) in [5.74, 6) is 0.776. The van der Waals surface area contributed by atoms with Gasteiger partial charge in [0.1, 0.15) is 5.69 Å². The van der Waals surface area contributed by atoms with Gasteiger partial charge in [0.15, 0.2) is 0 Å². The van der Waals surface area contributed by atoms with Gasteiger partial charge in [-0.3, -0.25) is 4.68 Å². The van der Waals surface area contributed by atoms with Gasteiger partial charge < -0.3 is 19.7 Å². The monoisotopic (exact) mass is 359 g/mol. The van der Waals surface area contributed by atoms with Gasteiger partial charge in [-0.2, -0.15) is 10.1 Å². The van der Waals surface area contributed by atoms with Crippen molar-refractivity contribution in [1.29, 1.82) is 0 Å². The number of hydrogen-bond acceptors (Lipinski definition) is 5. The summed E-state index contributed by atoms with van der Waals surface area (Å²) in [7, 11) is 3.06. The Morgan fingerprint density at radius 2 is 2.19 bits per heavy atom. The lowest BCUT2D eigenvalue weighted by Crippen LogP contribution is -2.46. The topological polar surface area (TPSA) is 81.5 Å². The van der Waals surface area contributed by atoms with Gasteiger partial charge in [0, 0.05) is 37.6 Å². The number of nitrogens with zero attached hydrogens (tertiary/aromatic N) is 4. The molecule has 0 spiro atoms. The van der Waals surface area contributed by atoms with Crippen LogP contribution in [0.15, 0.2) is 30.6 Å². The second kappa shape index (κ2) is 8.55. The van der Waals surface area contributed by atoms with Gasteiger partial charge in [-0.15, -0.1) is 0 Å². The molecule has 0 aliphatic carbocycles. The van der Waals surface area contributed by atoms with Crippen LogP contribution >= 0.6 is 0 Å². The van der Waals surface area contributed by atoms with E-state index in [0.717, 1.165) is 38.8 Å². The molecular formula is C18H25N5O3. The molecule has 0 aromatic carbocycles. The molecule has 3 rings (SSSR count). The van der Waals surface area contributed by atoms with Gasteiger partial charge in [0.2, 0.25) is 11.8 Å². The summed E-state index contributed by atoms with van der Waals surface area (Å²) in [5.41, 5.74) is 0.537. The first kappa shape index (κ1) is 18.0. The van der Waals surface area contributed by atoms with E-state index in [0.29, 0.717) is 17.4 Å². The van der Waals surface area contributed by atoms with E-state index in [-0.39, 0.29) is 12.1 Å². The SMILES string of the molecule is COc1ccc(NC(=O)N2CCCC[C@@H]2CCn2cccn2)c(OC)n1. The standard InChI is InChI=1S/C18H25N5O3/c1-25-16-8-7-15(17(21-16)26-2)20-18(24)23-12-4-3-6-14(23)9-13-22-11-5-10-19-22/h5,7-8,10-11,14H,3-4,6,9,12-13H2,1-2H3,(H,20,24)/t14-/m1/s1. The van der Waals surface area contributed by atoms with Gasteiger partial charge in [0.05, 0.1) is 14.2 Å². The number of aryl methyl sites for hydroxylation is 1. The Kier molecular flexibility index (Phi) is 5.93. The molecule has 1 saturated heterocycles. The van der Waals surface area contributed by atoms with Gasteiger partial charge in [-0.1, -0.05) is 0 Å². The van der Waals surface area contributed by atoms with Crippen LogP contribution in [0.3, 0.4) is 0 Å². The molecule has 3 heterocycles. The minimum Gasteiger partial charge on any atom is -0.481 e. The van der Waals surface area contributed by atoms with E-state index in [1.165, 1.54) is 14.2 Å². The highest BCUT2D eigenvalue weighted by atomic mass is 16.5. The van der Waals surface area contributed by atoms with Crippen LogP contribution in [0.1, 0.15) is 25.7 Å². The molecule has 140 valence electrons. The van der Waals surface area contributed by atoms with Crippen LogP contribution in [0.4, 0.5) is 10.5 Å². The van der Waals surface area contributed by atoms with Crippen molar-refractivity contribution >= 4 is 11.7 Å². The maximum atomic E-state index is 12.8. The van der Waals surface area contributed by atoms with Crippen LogP contribution in [0.2, 0.25) is 0 Å². The number of likely N-dealkylation sites (tertiary alicyclic amines) is 1. The van der Waals surface area contributed by atoms with E-state index in [2.05, 4.69) is 15.4 Å². The molecule has 2 aromatic heterocycles. The summed E-state index contributed by atoms with van der Waals surface area (Å²) < 4.78 is 12.3. The Morgan fingerprint density at radius 1 is 1.31 bits per heavy atom. The number of urea groups is 1. The van der Waals surface area contributed by atoms with Gasteiger partial charge >= 0.3 is 6.03 Å². The minimum atomic E-state index is -0.125. The van der Waals surface area contributed by atoms with Crippen molar-refractivity contribution in [2.24, 2.45) is 0 Å². The Morgan fingerprint density at radius 3 is 2.92 bits per heavy atom. The number of ether oxygens (including phenoxy) is 2. The summed E-state index contributed by atoms with van der Waals surface area (Å²) in [6.07, 6.45) is 7.76. The maximum absolute atomic E-state index is 12.8. The number of rotatable bonds is 6. The fourth-order valence-electron chi connectivity index (χ4n) is 3.26. The lowest BCUT2D eigenvalue weighted by Gasteiger charge is -2.35. The molecule has 2 amide bonds. The van der Waals surface area contributed by atoms with E-state index in [1.807, 2.05) is 21.8 Å². The number of piperidine rings is 1. The Bertz CT molecular complexity index is 720. The smallest absolute Gasteiger partial charge is 0.322 e. The first-order chi connectivity index (χ1) is 12.7. The van der Waals surface area contributed by atoms with Crippen molar-refractivity contribution in [3.63, 3.8) is 0 Å². The molecule has 1 fully saturated rings. The summed E-state index contributed by atoms with van der Waals surface area (Å²) in [5, 5.41) is 7.17. The van der Waals surface area contributed by atoms with Crippen molar-refractivity contribution in [2.75, 3.05) is 26.1 Å². The predicted molar refractivity (Wildman–Crippen MR) is 97.5 cm³/mol. The zero-order valence-electron chi connectivity index (χ0n) is 15.2. The summed E-state index contributed by atoms with van der Waals surface area (Å²) in [6.45, 7) is 1.55. The fraction of sp³-hybridized carbons (Fsp3) is 0.500. The number of nitrogens with one attached hydrogen (secondary N) is 1. The molecule has 2 aromatic rings. The summed E-state index contributed by atoms with van der Waals surface area (Å²) in [6, 6.07) is 5.42. The van der Waals surface area contributed by atoms with Gasteiger partial charge in [0.25, 0.3) is 0 Å². The molecule has 8 heteroatoms. The van der Waals surface area contributed by atoms with Crippen molar-refractivity contribution in [3.05, 3.63) is 30.6 Å². The number of aromatic nitrogens is 3. The second-order valence-corrected chi connectivity index (χ2v) is 6.24. The molecular weight excluding hydrogens is 334 g/mol. The maximum Gasteiger partial charge on any atom is 0.322 e. The Balaban J connectivity index is 1.66. The lowest BCUT2D eigenvalue weighted by atomic mass is 10.00. The Labute approximate surface area is 153 Å². The highest BCUT2D eigenvalue weighted by Crippen LogP contribution is 2.27. The van der Waals surface area contributed by atoms with Crippen molar-refractivity contribution in [2.45, 2.75) is 38.3 Å². The molecule has 0 radical (unpaired) electrons. The molecule has 0 saturated carbocycles. The summed E-state index contributed by atoms with van der Waals surface area (Å²) >= 11 is 0. The van der Waals surface area contributed by atoms with E-state index in [4.69, 9.17) is 9.47 Å². The molecule has 0 unspecified atom stereocenters. The van der Waals surface area contributed by atoms with E-state index >= 15 is 0 Å². The predicted octanol–water partition coefficient (Wildman–Crippen LogP) is 2.77. The molecule has 8 nitrogen and oxygen atoms in total. The highest BCUT2D eigenvalue weighted by Gasteiger charge is 2.27. The second-order valence-electron chi connectivity index (χ2n) is 6.24. The largest absolute Gasteiger partial charge is 0.481 e. The highest BCUT2D eigenvalue weighted by molar-refractivity contribution is 5.91. The van der Waals surface area contributed by atoms with Crippen molar-refractivity contribution in [1.82, 2.24) is 19.7 Å². The number of methoxy groups -OCH3 is 2. The van der Waals surface area contributed by atoms with E-state index in [9.17, 15) is 4.79 Å². The third-order valence-corrected chi connectivity index (χ3v) is 4.62. The number of carbonyl (C=O) groups excluding carboxylic acids is 1. The zero-order valence-corrected chi connectivity index (χ0v) is 15.2. The van der Waals surface area contributed by atoms with Crippen LogP contribution in [0.5, 0.6) is 11.8 Å². The third-order valence-electron chi connectivity index (χ3n) is 4.62. The lowest BCUT2D eigenvalue weighted by molar-refractivity contribution is 0.154. The number of anilines is 1. The third kappa shape index (κ3) is 4.25. The number of hydrogen-bond donors (Lipinski definition) is 1. The first-order valence-corrected chi connectivity index (χ1v) is 8.85. The van der Waals surface area contributed by atoms with Gasteiger partial charge in [-0.05, 0) is 37.8 Å². The van der Waals surface area contributed by atoms with Crippen LogP contribution in [-0.4, -0.2) is 52.5 Å². The van der Waals surface area contributed by atoms with Crippen LogP contribution in [-0.2, 0) is 6.54 Å². The fourth-order valence-corrected chi connectivity index (χ4v) is 3.26. The zero-order chi connectivity index (χ0) is 18.4. The minimum absolute atomic E-state index is 0.125. The van der Waals surface area contributed by atoms with E-state index < -0.39 is 0 Å². The average molecular weight is 359 g/mol. The van der Waals surface area contributed by atoms with Crippen molar-refractivity contribution < 1.29 is 14.3 Å². The Hall–Kier alpha value is -2.77. The molecule has 1 N–H and O–H groups in total. The molecule has 1 aliphatic rings. The molecule has 1 atom stereocenters.